The van der Waals surface area contributed by atoms with Crippen LogP contribution >= 0.6 is 11.1 Å². The third-order valence-corrected chi connectivity index (χ3v) is 8.68. The minimum absolute atomic E-state index is 1.12. The van der Waals surface area contributed by atoms with Crippen molar-refractivity contribution in [1.82, 2.24) is 0 Å². The Labute approximate surface area is 93.0 Å². The second-order valence-corrected chi connectivity index (χ2v) is 10.1. The number of hydrogen-bond donors (Lipinski definition) is 0. The van der Waals surface area contributed by atoms with Crippen LogP contribution in [0.1, 0.15) is 25.0 Å². The van der Waals surface area contributed by atoms with Gasteiger partial charge in [0.05, 0.1) is 0 Å². The number of halogens is 1. The maximum Gasteiger partial charge on any atom is 0.186 e. The fourth-order valence-electron chi connectivity index (χ4n) is 1.89. The molecule has 0 nitrogen and oxygen atoms in total. The zero-order valence-corrected chi connectivity index (χ0v) is 11.3. The number of rotatable bonds is 3. The molecule has 0 saturated carbocycles. The normalized spacial score (nSPS) is 11.8. The quantitative estimate of drug-likeness (QED) is 0.544. The third-order valence-electron chi connectivity index (χ3n) is 2.86. The van der Waals surface area contributed by atoms with Crippen molar-refractivity contribution in [2.75, 3.05) is 0 Å². The van der Waals surface area contributed by atoms with Crippen molar-refractivity contribution in [2.24, 2.45) is 0 Å². The minimum atomic E-state index is -1.66. The van der Waals surface area contributed by atoms with Gasteiger partial charge in [-0.25, -0.2) is 0 Å². The maximum atomic E-state index is 6.72. The Kier molecular flexibility index (Phi) is 3.79. The van der Waals surface area contributed by atoms with Crippen molar-refractivity contribution in [3.63, 3.8) is 0 Å². The van der Waals surface area contributed by atoms with E-state index < -0.39 is 7.38 Å². The summed E-state index contributed by atoms with van der Waals surface area (Å²) in [5, 5.41) is 1.40. The third kappa shape index (κ3) is 2.40. The molecule has 0 aromatic heterocycles. The van der Waals surface area contributed by atoms with Crippen LogP contribution < -0.4 is 5.19 Å². The summed E-state index contributed by atoms with van der Waals surface area (Å²) in [6.45, 7) is 8.71. The topological polar surface area (TPSA) is 0 Å². The van der Waals surface area contributed by atoms with E-state index in [1.54, 1.807) is 0 Å². The highest BCUT2D eigenvalue weighted by Crippen LogP contribution is 2.20. The van der Waals surface area contributed by atoms with Crippen molar-refractivity contribution in [3.05, 3.63) is 29.3 Å². The highest BCUT2D eigenvalue weighted by molar-refractivity contribution is 7.27. The van der Waals surface area contributed by atoms with Crippen LogP contribution in [0.5, 0.6) is 0 Å². The Hall–Kier alpha value is -0.273. The SMILES string of the molecule is CC[Si](Cl)(CC)c1cc(C)cc(C)c1. The zero-order chi connectivity index (χ0) is 10.8. The van der Waals surface area contributed by atoms with Crippen LogP contribution in [-0.2, 0) is 0 Å². The maximum absolute atomic E-state index is 6.72. The molecule has 0 saturated heterocycles. The summed E-state index contributed by atoms with van der Waals surface area (Å²) in [7, 11) is -1.66. The Bertz CT molecular complexity index is 296. The predicted octanol–water partition coefficient (Wildman–Crippen LogP) is 3.73. The molecule has 0 bridgehead atoms. The molecule has 0 aliphatic heterocycles. The first kappa shape index (κ1) is 11.8. The molecule has 1 aromatic rings. The average molecular weight is 227 g/mol. The van der Waals surface area contributed by atoms with Crippen LogP contribution in [0, 0.1) is 13.8 Å². The second-order valence-electron chi connectivity index (χ2n) is 4.05. The van der Waals surface area contributed by atoms with Crippen molar-refractivity contribution < 1.29 is 0 Å². The second kappa shape index (κ2) is 4.50. The summed E-state index contributed by atoms with van der Waals surface area (Å²) in [5.74, 6) is 0. The highest BCUT2D eigenvalue weighted by Gasteiger charge is 2.28. The molecule has 0 N–H and O–H groups in total. The summed E-state index contributed by atoms with van der Waals surface area (Å²) in [4.78, 5) is 0. The summed E-state index contributed by atoms with van der Waals surface area (Å²) in [6, 6.07) is 8.97. The van der Waals surface area contributed by atoms with E-state index in [2.05, 4.69) is 45.9 Å². The lowest BCUT2D eigenvalue weighted by Gasteiger charge is -2.22. The smallest absolute Gasteiger partial charge is 0.161 e. The molecule has 1 rings (SSSR count). The molecule has 14 heavy (non-hydrogen) atoms. The molecular weight excluding hydrogens is 208 g/mol. The van der Waals surface area contributed by atoms with E-state index in [1.165, 1.54) is 16.3 Å². The first-order chi connectivity index (χ1) is 6.51. The molecule has 78 valence electrons. The van der Waals surface area contributed by atoms with Gasteiger partial charge in [0.1, 0.15) is 0 Å². The number of hydrogen-bond acceptors (Lipinski definition) is 0. The first-order valence-corrected chi connectivity index (χ1v) is 8.72. The van der Waals surface area contributed by atoms with E-state index in [4.69, 9.17) is 11.1 Å². The van der Waals surface area contributed by atoms with Gasteiger partial charge >= 0.3 is 0 Å². The van der Waals surface area contributed by atoms with Gasteiger partial charge in [-0.2, -0.15) is 11.1 Å². The van der Waals surface area contributed by atoms with E-state index in [-0.39, 0.29) is 0 Å². The molecule has 0 spiro atoms. The summed E-state index contributed by atoms with van der Waals surface area (Å²) in [5.41, 5.74) is 2.67. The lowest BCUT2D eigenvalue weighted by molar-refractivity contribution is 1.30. The fourth-order valence-corrected chi connectivity index (χ4v) is 4.51. The molecule has 0 amide bonds. The Morgan fingerprint density at radius 1 is 1.00 bits per heavy atom. The van der Waals surface area contributed by atoms with E-state index in [1.807, 2.05) is 0 Å². The van der Waals surface area contributed by atoms with Gasteiger partial charge in [0, 0.05) is 0 Å². The van der Waals surface area contributed by atoms with Crippen LogP contribution in [0.2, 0.25) is 12.1 Å². The Balaban J connectivity index is 3.17. The van der Waals surface area contributed by atoms with Crippen molar-refractivity contribution in [3.8, 4) is 0 Å². The number of benzene rings is 1. The fraction of sp³-hybridized carbons (Fsp3) is 0.500. The molecule has 0 aliphatic rings. The monoisotopic (exact) mass is 226 g/mol. The van der Waals surface area contributed by atoms with Crippen molar-refractivity contribution in [1.29, 1.82) is 0 Å². The molecule has 0 aliphatic carbocycles. The predicted molar refractivity (Wildman–Crippen MR) is 68.1 cm³/mol. The van der Waals surface area contributed by atoms with Crippen molar-refractivity contribution >= 4 is 23.6 Å². The zero-order valence-electron chi connectivity index (χ0n) is 9.52. The van der Waals surface area contributed by atoms with Gasteiger partial charge in [0.15, 0.2) is 7.38 Å². The van der Waals surface area contributed by atoms with Crippen LogP contribution in [0.4, 0.5) is 0 Å². The van der Waals surface area contributed by atoms with Crippen molar-refractivity contribution in [2.45, 2.75) is 39.8 Å². The molecule has 0 atom stereocenters. The van der Waals surface area contributed by atoms with Crippen LogP contribution in [-0.4, -0.2) is 7.38 Å². The molecule has 0 fully saturated rings. The van der Waals surface area contributed by atoms with Crippen LogP contribution in [0.3, 0.4) is 0 Å². The summed E-state index contributed by atoms with van der Waals surface area (Å²) >= 11 is 6.72. The first-order valence-electron chi connectivity index (χ1n) is 5.29. The minimum Gasteiger partial charge on any atom is -0.161 e. The van der Waals surface area contributed by atoms with Crippen LogP contribution in [0.25, 0.3) is 0 Å². The largest absolute Gasteiger partial charge is 0.186 e. The van der Waals surface area contributed by atoms with Gasteiger partial charge in [-0.05, 0) is 31.1 Å². The van der Waals surface area contributed by atoms with Gasteiger partial charge in [-0.15, -0.1) is 0 Å². The van der Waals surface area contributed by atoms with Gasteiger partial charge in [0.25, 0.3) is 0 Å². The average Bonchev–Trinajstić information content (AvgIpc) is 2.15. The van der Waals surface area contributed by atoms with Gasteiger partial charge < -0.3 is 0 Å². The van der Waals surface area contributed by atoms with E-state index in [0.29, 0.717) is 0 Å². The molecule has 0 radical (unpaired) electrons. The molecule has 1 aromatic carbocycles. The lowest BCUT2D eigenvalue weighted by atomic mass is 10.2. The lowest BCUT2D eigenvalue weighted by Crippen LogP contribution is -2.40. The molecule has 2 heteroatoms. The van der Waals surface area contributed by atoms with E-state index in [0.717, 1.165) is 12.1 Å². The number of aryl methyl sites for hydroxylation is 2. The summed E-state index contributed by atoms with van der Waals surface area (Å²) in [6.07, 6.45) is 0. The van der Waals surface area contributed by atoms with Gasteiger partial charge in [0.2, 0.25) is 0 Å². The van der Waals surface area contributed by atoms with Gasteiger partial charge in [-0.1, -0.05) is 43.2 Å². The van der Waals surface area contributed by atoms with E-state index >= 15 is 0 Å². The molecule has 0 unspecified atom stereocenters. The highest BCUT2D eigenvalue weighted by atomic mass is 35.6. The Morgan fingerprint density at radius 3 is 1.79 bits per heavy atom. The summed E-state index contributed by atoms with van der Waals surface area (Å²) < 4.78 is 0. The van der Waals surface area contributed by atoms with Crippen LogP contribution in [0.15, 0.2) is 18.2 Å². The Morgan fingerprint density at radius 2 is 1.43 bits per heavy atom. The van der Waals surface area contributed by atoms with Gasteiger partial charge in [-0.3, -0.25) is 0 Å². The standard InChI is InChI=1S/C12H19ClSi/c1-5-14(13,6-2)12-8-10(3)7-11(4)9-12/h7-9H,5-6H2,1-4H3. The van der Waals surface area contributed by atoms with E-state index in [9.17, 15) is 0 Å². The molecule has 0 heterocycles. The molecular formula is C12H19ClSi.